The Morgan fingerprint density at radius 3 is 2.33 bits per heavy atom. The molecule has 0 amide bonds. The molecule has 0 aliphatic heterocycles. The number of nitrogens with one attached hydrogen (secondary N) is 1. The summed E-state index contributed by atoms with van der Waals surface area (Å²) < 4.78 is 5.38. The molecule has 0 heterocycles. The minimum atomic E-state index is -0.0648. The van der Waals surface area contributed by atoms with Crippen molar-refractivity contribution in [2.24, 2.45) is 0 Å². The number of ether oxygens (including phenoxy) is 1. The van der Waals surface area contributed by atoms with Gasteiger partial charge in [0.05, 0.1) is 18.8 Å². The van der Waals surface area contributed by atoms with E-state index in [1.165, 1.54) is 0 Å². The maximum Gasteiger partial charge on any atom is 0.141 e. The second-order valence-corrected chi connectivity index (χ2v) is 5.68. The van der Waals surface area contributed by atoms with E-state index in [2.05, 4.69) is 5.32 Å². The molecule has 0 aliphatic rings. The molecule has 3 nitrogen and oxygen atoms in total. The summed E-state index contributed by atoms with van der Waals surface area (Å²) in [4.78, 5) is 0. The van der Waals surface area contributed by atoms with Crippen LogP contribution in [0.3, 0.4) is 0 Å². The number of phenols is 1. The van der Waals surface area contributed by atoms with Crippen LogP contribution in [0.2, 0.25) is 0 Å². The van der Waals surface area contributed by atoms with Crippen LogP contribution >= 0.6 is 0 Å². The van der Waals surface area contributed by atoms with E-state index in [1.807, 2.05) is 79.7 Å². The van der Waals surface area contributed by atoms with Crippen molar-refractivity contribution in [3.63, 3.8) is 0 Å². The first kappa shape index (κ1) is 15.9. The molecule has 3 aromatic rings. The number of anilines is 1. The monoisotopic (exact) mass is 319 g/mol. The maximum absolute atomic E-state index is 10.7. The zero-order valence-electron chi connectivity index (χ0n) is 13.9. The summed E-state index contributed by atoms with van der Waals surface area (Å²) in [6.07, 6.45) is 0. The molecule has 24 heavy (non-hydrogen) atoms. The highest BCUT2D eigenvalue weighted by atomic mass is 16.5. The van der Waals surface area contributed by atoms with Crippen LogP contribution in [0.1, 0.15) is 18.5 Å². The summed E-state index contributed by atoms with van der Waals surface area (Å²) in [7, 11) is 1.65. The number of rotatable bonds is 5. The Balaban J connectivity index is 1.92. The van der Waals surface area contributed by atoms with Gasteiger partial charge in [-0.3, -0.25) is 0 Å². The first-order valence-electron chi connectivity index (χ1n) is 7.97. The van der Waals surface area contributed by atoms with Gasteiger partial charge in [0.15, 0.2) is 0 Å². The van der Waals surface area contributed by atoms with Crippen molar-refractivity contribution in [3.8, 4) is 22.6 Å². The van der Waals surface area contributed by atoms with E-state index in [0.29, 0.717) is 5.75 Å². The highest BCUT2D eigenvalue weighted by molar-refractivity contribution is 5.72. The van der Waals surface area contributed by atoms with Crippen molar-refractivity contribution in [3.05, 3.63) is 78.4 Å². The van der Waals surface area contributed by atoms with E-state index >= 15 is 0 Å². The van der Waals surface area contributed by atoms with Gasteiger partial charge in [0.25, 0.3) is 0 Å². The SMILES string of the molecule is COc1ccccc1NC(C)c1cccc(-c2ccccc2)c1O. The number of aromatic hydroxyl groups is 1. The Bertz CT molecular complexity index is 815. The fraction of sp³-hybridized carbons (Fsp3) is 0.143. The summed E-state index contributed by atoms with van der Waals surface area (Å²) in [5.41, 5.74) is 3.59. The van der Waals surface area contributed by atoms with E-state index < -0.39 is 0 Å². The van der Waals surface area contributed by atoms with Crippen LogP contribution in [-0.2, 0) is 0 Å². The molecule has 3 heteroatoms. The standard InChI is InChI=1S/C21H21NO2/c1-15(22-19-13-6-7-14-20(19)24-2)17-11-8-12-18(21(17)23)16-9-4-3-5-10-16/h3-15,22-23H,1-2H3. The van der Waals surface area contributed by atoms with Crippen LogP contribution in [-0.4, -0.2) is 12.2 Å². The first-order chi connectivity index (χ1) is 11.7. The van der Waals surface area contributed by atoms with Crippen molar-refractivity contribution < 1.29 is 9.84 Å². The summed E-state index contributed by atoms with van der Waals surface area (Å²) in [5, 5.41) is 14.2. The number of benzene rings is 3. The fourth-order valence-corrected chi connectivity index (χ4v) is 2.84. The molecule has 3 aromatic carbocycles. The average Bonchev–Trinajstić information content (AvgIpc) is 2.63. The number of phenolic OH excluding ortho intramolecular Hbond substituents is 1. The van der Waals surface area contributed by atoms with Crippen molar-refractivity contribution in [1.82, 2.24) is 0 Å². The van der Waals surface area contributed by atoms with Gasteiger partial charge in [-0.05, 0) is 24.6 Å². The normalized spacial score (nSPS) is 11.8. The Kier molecular flexibility index (Phi) is 4.71. The molecule has 0 saturated heterocycles. The Labute approximate surface area is 142 Å². The zero-order valence-corrected chi connectivity index (χ0v) is 13.9. The molecule has 0 aromatic heterocycles. The smallest absolute Gasteiger partial charge is 0.141 e. The van der Waals surface area contributed by atoms with Gasteiger partial charge in [0.2, 0.25) is 0 Å². The van der Waals surface area contributed by atoms with Crippen molar-refractivity contribution >= 4 is 5.69 Å². The third-order valence-corrected chi connectivity index (χ3v) is 4.10. The highest BCUT2D eigenvalue weighted by Gasteiger charge is 2.15. The van der Waals surface area contributed by atoms with Gasteiger partial charge in [-0.15, -0.1) is 0 Å². The molecule has 0 fully saturated rings. The van der Waals surface area contributed by atoms with Gasteiger partial charge in [-0.1, -0.05) is 60.7 Å². The van der Waals surface area contributed by atoms with E-state index in [-0.39, 0.29) is 6.04 Å². The summed E-state index contributed by atoms with van der Waals surface area (Å²) in [6.45, 7) is 2.02. The van der Waals surface area contributed by atoms with E-state index in [1.54, 1.807) is 7.11 Å². The van der Waals surface area contributed by atoms with Gasteiger partial charge in [0.1, 0.15) is 11.5 Å². The molecule has 0 saturated carbocycles. The molecule has 122 valence electrons. The molecule has 3 rings (SSSR count). The zero-order chi connectivity index (χ0) is 16.9. The second-order valence-electron chi connectivity index (χ2n) is 5.68. The number of hydrogen-bond acceptors (Lipinski definition) is 3. The lowest BCUT2D eigenvalue weighted by atomic mass is 9.98. The predicted octanol–water partition coefficient (Wildman–Crippen LogP) is 5.24. The van der Waals surface area contributed by atoms with Gasteiger partial charge < -0.3 is 15.2 Å². The third-order valence-electron chi connectivity index (χ3n) is 4.10. The molecule has 1 atom stereocenters. The second kappa shape index (κ2) is 7.09. The van der Waals surface area contributed by atoms with Crippen LogP contribution in [0, 0.1) is 0 Å². The maximum atomic E-state index is 10.7. The number of hydrogen-bond donors (Lipinski definition) is 2. The lowest BCUT2D eigenvalue weighted by Gasteiger charge is -2.20. The first-order valence-corrected chi connectivity index (χ1v) is 7.97. The summed E-state index contributed by atoms with van der Waals surface area (Å²) >= 11 is 0. The largest absolute Gasteiger partial charge is 0.507 e. The van der Waals surface area contributed by atoms with Gasteiger partial charge >= 0.3 is 0 Å². The highest BCUT2D eigenvalue weighted by Crippen LogP contribution is 2.37. The van der Waals surface area contributed by atoms with Crippen LogP contribution in [0.15, 0.2) is 72.8 Å². The Morgan fingerprint density at radius 2 is 1.58 bits per heavy atom. The van der Waals surface area contributed by atoms with Gasteiger partial charge in [-0.2, -0.15) is 0 Å². The van der Waals surface area contributed by atoms with Crippen LogP contribution in [0.25, 0.3) is 11.1 Å². The van der Waals surface area contributed by atoms with E-state index in [0.717, 1.165) is 28.1 Å². The van der Waals surface area contributed by atoms with Crippen LogP contribution < -0.4 is 10.1 Å². The van der Waals surface area contributed by atoms with E-state index in [4.69, 9.17) is 4.74 Å². The van der Waals surface area contributed by atoms with Crippen molar-refractivity contribution in [2.45, 2.75) is 13.0 Å². The van der Waals surface area contributed by atoms with Crippen LogP contribution in [0.5, 0.6) is 11.5 Å². The molecule has 0 radical (unpaired) electrons. The average molecular weight is 319 g/mol. The number of para-hydroxylation sites is 3. The Hall–Kier alpha value is -2.94. The molecular weight excluding hydrogens is 298 g/mol. The van der Waals surface area contributed by atoms with Crippen molar-refractivity contribution in [2.75, 3.05) is 12.4 Å². The number of methoxy groups -OCH3 is 1. The third kappa shape index (κ3) is 3.20. The molecular formula is C21H21NO2. The summed E-state index contributed by atoms with van der Waals surface area (Å²) in [6, 6.07) is 23.4. The predicted molar refractivity (Wildman–Crippen MR) is 98.6 cm³/mol. The van der Waals surface area contributed by atoms with E-state index in [9.17, 15) is 5.11 Å². The lowest BCUT2D eigenvalue weighted by molar-refractivity contribution is 0.416. The summed E-state index contributed by atoms with van der Waals surface area (Å²) in [5.74, 6) is 1.08. The molecule has 0 aliphatic carbocycles. The lowest BCUT2D eigenvalue weighted by Crippen LogP contribution is -2.08. The van der Waals surface area contributed by atoms with Gasteiger partial charge in [0, 0.05) is 11.1 Å². The molecule has 2 N–H and O–H groups in total. The Morgan fingerprint density at radius 1 is 0.875 bits per heavy atom. The molecule has 0 bridgehead atoms. The quantitative estimate of drug-likeness (QED) is 0.675. The molecule has 1 unspecified atom stereocenters. The van der Waals surface area contributed by atoms with Gasteiger partial charge in [-0.25, -0.2) is 0 Å². The van der Waals surface area contributed by atoms with Crippen LogP contribution in [0.4, 0.5) is 5.69 Å². The fourth-order valence-electron chi connectivity index (χ4n) is 2.84. The molecule has 0 spiro atoms. The minimum Gasteiger partial charge on any atom is -0.507 e. The topological polar surface area (TPSA) is 41.5 Å². The minimum absolute atomic E-state index is 0.0648. The van der Waals surface area contributed by atoms with Crippen molar-refractivity contribution in [1.29, 1.82) is 0 Å².